The first-order chi connectivity index (χ1) is 16.5. The lowest BCUT2D eigenvalue weighted by Gasteiger charge is -2.35. The lowest BCUT2D eigenvalue weighted by atomic mass is 10.2. The van der Waals surface area contributed by atoms with Crippen LogP contribution in [0.2, 0.25) is 0 Å². The Bertz CT molecular complexity index is 1340. The van der Waals surface area contributed by atoms with E-state index in [1.54, 1.807) is 35.2 Å². The van der Waals surface area contributed by atoms with Gasteiger partial charge in [-0.25, -0.2) is 14.4 Å². The van der Waals surface area contributed by atoms with Crippen molar-refractivity contribution >= 4 is 34.7 Å². The molecule has 3 heterocycles. The average molecular weight is 485 g/mol. The minimum absolute atomic E-state index is 0.261. The zero-order chi connectivity index (χ0) is 23.7. The van der Waals surface area contributed by atoms with Crippen molar-refractivity contribution in [1.29, 1.82) is 0 Å². The molecule has 8 nitrogen and oxygen atoms in total. The van der Waals surface area contributed by atoms with Crippen molar-refractivity contribution in [1.82, 2.24) is 29.9 Å². The second-order valence-corrected chi connectivity index (χ2v) is 8.54. The van der Waals surface area contributed by atoms with Crippen molar-refractivity contribution in [3.05, 3.63) is 66.2 Å². The molecule has 0 radical (unpaired) electrons. The van der Waals surface area contributed by atoms with E-state index in [0.717, 1.165) is 0 Å². The minimum atomic E-state index is -2.60. The summed E-state index contributed by atoms with van der Waals surface area (Å²) in [6, 6.07) is 12.4. The van der Waals surface area contributed by atoms with Crippen LogP contribution in [0.15, 0.2) is 59.8 Å². The predicted octanol–water partition coefficient (Wildman–Crippen LogP) is 3.63. The van der Waals surface area contributed by atoms with Crippen molar-refractivity contribution in [2.24, 2.45) is 0 Å². The molecular formula is C22H18F3N7OS. The summed E-state index contributed by atoms with van der Waals surface area (Å²) in [6.45, 7) is 1.70. The lowest BCUT2D eigenvalue weighted by Crippen LogP contribution is -2.49. The van der Waals surface area contributed by atoms with Crippen molar-refractivity contribution in [3.63, 3.8) is 0 Å². The Hall–Kier alpha value is -3.67. The summed E-state index contributed by atoms with van der Waals surface area (Å²) in [5.41, 5.74) is 1.66. The third-order valence-corrected chi connectivity index (χ3v) is 6.26. The molecule has 2 aromatic carbocycles. The summed E-state index contributed by atoms with van der Waals surface area (Å²) < 4.78 is 40.9. The highest BCUT2D eigenvalue weighted by Crippen LogP contribution is 2.30. The average Bonchev–Trinajstić information content (AvgIpc) is 3.28. The molecule has 12 heteroatoms. The maximum Gasteiger partial charge on any atom is 0.288 e. The van der Waals surface area contributed by atoms with E-state index < -0.39 is 11.6 Å². The number of anilines is 1. The number of nitrogens with zero attached hydrogens (tertiary/aromatic N) is 7. The summed E-state index contributed by atoms with van der Waals surface area (Å²) in [5.74, 6) is -2.72. The molecule has 0 bridgehead atoms. The molecule has 0 saturated carbocycles. The van der Waals surface area contributed by atoms with Crippen LogP contribution in [-0.2, 0) is 0 Å². The van der Waals surface area contributed by atoms with Gasteiger partial charge in [0, 0.05) is 31.1 Å². The highest BCUT2D eigenvalue weighted by Gasteiger charge is 2.27. The van der Waals surface area contributed by atoms with E-state index >= 15 is 0 Å². The Labute approximate surface area is 196 Å². The predicted molar refractivity (Wildman–Crippen MR) is 121 cm³/mol. The van der Waals surface area contributed by atoms with Crippen LogP contribution in [0.3, 0.4) is 0 Å². The quantitative estimate of drug-likeness (QED) is 0.400. The second kappa shape index (κ2) is 9.29. The normalized spacial score (nSPS) is 14.2. The molecule has 0 aliphatic carbocycles. The Balaban J connectivity index is 1.35. The number of thioether (sulfide) groups is 1. The largest absolute Gasteiger partial charge is 0.351 e. The summed E-state index contributed by atoms with van der Waals surface area (Å²) >= 11 is 0.368. The first-order valence-electron chi connectivity index (χ1n) is 10.4. The fourth-order valence-corrected chi connectivity index (χ4v) is 4.52. The van der Waals surface area contributed by atoms with E-state index in [2.05, 4.69) is 20.3 Å². The number of amides is 1. The Morgan fingerprint density at radius 2 is 1.79 bits per heavy atom. The van der Waals surface area contributed by atoms with Gasteiger partial charge in [0.05, 0.1) is 11.3 Å². The van der Waals surface area contributed by atoms with Gasteiger partial charge in [-0.3, -0.25) is 4.79 Å². The SMILES string of the molecule is O=C(c1ccccc1SC(F)F)N1CCN(c2ncnc3c2nnn3-c2cccc(F)c2)CC1. The monoisotopic (exact) mass is 485 g/mol. The smallest absolute Gasteiger partial charge is 0.288 e. The van der Waals surface area contributed by atoms with E-state index in [1.807, 2.05) is 4.90 Å². The third kappa shape index (κ3) is 4.28. The number of carbonyl (C=O) groups excluding carboxylic acids is 1. The summed E-state index contributed by atoms with van der Waals surface area (Å²) in [5, 5.41) is 8.33. The van der Waals surface area contributed by atoms with Gasteiger partial charge in [0.25, 0.3) is 11.7 Å². The fourth-order valence-electron chi connectivity index (χ4n) is 3.88. The van der Waals surface area contributed by atoms with Crippen LogP contribution in [0.1, 0.15) is 10.4 Å². The summed E-state index contributed by atoms with van der Waals surface area (Å²) in [6.07, 6.45) is 1.40. The molecule has 1 fully saturated rings. The van der Waals surface area contributed by atoms with E-state index in [9.17, 15) is 18.0 Å². The molecule has 1 aliphatic heterocycles. The number of carbonyl (C=O) groups is 1. The maximum atomic E-state index is 13.7. The molecule has 1 saturated heterocycles. The van der Waals surface area contributed by atoms with Gasteiger partial charge < -0.3 is 9.80 Å². The standard InChI is InChI=1S/C22H18F3N7OS/c23-14-4-3-5-15(12-14)32-20-18(28-29-32)19(26-13-27-20)30-8-10-31(11-9-30)21(33)16-6-1-2-7-17(16)34-22(24)25/h1-7,12-13,22H,8-11H2. The number of piperazine rings is 1. The molecule has 1 amide bonds. The first kappa shape index (κ1) is 22.1. The van der Waals surface area contributed by atoms with Gasteiger partial charge >= 0.3 is 0 Å². The summed E-state index contributed by atoms with van der Waals surface area (Å²) in [7, 11) is 0. The fraction of sp³-hybridized carbons (Fsp3) is 0.227. The molecule has 174 valence electrons. The number of aromatic nitrogens is 5. The topological polar surface area (TPSA) is 80.0 Å². The number of alkyl halides is 2. The zero-order valence-corrected chi connectivity index (χ0v) is 18.5. The second-order valence-electron chi connectivity index (χ2n) is 7.50. The van der Waals surface area contributed by atoms with Crippen LogP contribution in [0.25, 0.3) is 16.9 Å². The number of benzene rings is 2. The van der Waals surface area contributed by atoms with E-state index in [0.29, 0.717) is 60.6 Å². The van der Waals surface area contributed by atoms with E-state index in [4.69, 9.17) is 0 Å². The van der Waals surface area contributed by atoms with Gasteiger partial charge in [-0.15, -0.1) is 5.10 Å². The Morgan fingerprint density at radius 1 is 1.00 bits per heavy atom. The van der Waals surface area contributed by atoms with Gasteiger partial charge in [0.1, 0.15) is 12.1 Å². The molecule has 4 aromatic rings. The van der Waals surface area contributed by atoms with Crippen molar-refractivity contribution in [3.8, 4) is 5.69 Å². The molecule has 2 aromatic heterocycles. The first-order valence-corrected chi connectivity index (χ1v) is 11.3. The molecule has 1 aliphatic rings. The van der Waals surface area contributed by atoms with Crippen LogP contribution in [0.4, 0.5) is 19.0 Å². The van der Waals surface area contributed by atoms with E-state index in [-0.39, 0.29) is 16.4 Å². The van der Waals surface area contributed by atoms with Gasteiger partial charge in [-0.05, 0) is 30.3 Å². The Kier molecular flexibility index (Phi) is 6.05. The summed E-state index contributed by atoms with van der Waals surface area (Å²) in [4.78, 5) is 25.5. The molecule has 0 spiro atoms. The van der Waals surface area contributed by atoms with Crippen LogP contribution in [-0.4, -0.2) is 67.7 Å². The van der Waals surface area contributed by atoms with Gasteiger partial charge in [-0.2, -0.15) is 13.5 Å². The molecule has 0 N–H and O–H groups in total. The molecule has 0 atom stereocenters. The van der Waals surface area contributed by atoms with Gasteiger partial charge in [0.2, 0.25) is 0 Å². The van der Waals surface area contributed by atoms with Gasteiger partial charge in [-0.1, -0.05) is 35.2 Å². The number of halogens is 3. The third-order valence-electron chi connectivity index (χ3n) is 5.47. The maximum absolute atomic E-state index is 13.7. The lowest BCUT2D eigenvalue weighted by molar-refractivity contribution is 0.0743. The Morgan fingerprint density at radius 3 is 2.56 bits per heavy atom. The van der Waals surface area contributed by atoms with Crippen molar-refractivity contribution in [2.75, 3.05) is 31.1 Å². The number of hydrogen-bond donors (Lipinski definition) is 0. The van der Waals surface area contributed by atoms with Gasteiger partial charge in [0.15, 0.2) is 17.0 Å². The number of rotatable bonds is 5. The molecule has 0 unspecified atom stereocenters. The number of fused-ring (bicyclic) bond motifs is 1. The number of hydrogen-bond acceptors (Lipinski definition) is 7. The highest BCUT2D eigenvalue weighted by molar-refractivity contribution is 7.99. The van der Waals surface area contributed by atoms with Crippen LogP contribution in [0, 0.1) is 5.82 Å². The van der Waals surface area contributed by atoms with Crippen LogP contribution < -0.4 is 4.90 Å². The highest BCUT2D eigenvalue weighted by atomic mass is 32.2. The van der Waals surface area contributed by atoms with Crippen LogP contribution in [0.5, 0.6) is 0 Å². The molecule has 34 heavy (non-hydrogen) atoms. The molecular weight excluding hydrogens is 467 g/mol. The van der Waals surface area contributed by atoms with Crippen molar-refractivity contribution in [2.45, 2.75) is 10.7 Å². The zero-order valence-electron chi connectivity index (χ0n) is 17.7. The van der Waals surface area contributed by atoms with Crippen LogP contribution >= 0.6 is 11.8 Å². The minimum Gasteiger partial charge on any atom is -0.351 e. The van der Waals surface area contributed by atoms with E-state index in [1.165, 1.54) is 29.2 Å². The van der Waals surface area contributed by atoms with Crippen molar-refractivity contribution < 1.29 is 18.0 Å². The molecule has 5 rings (SSSR count).